The van der Waals surface area contributed by atoms with E-state index in [0.29, 0.717) is 19.3 Å². The van der Waals surface area contributed by atoms with Crippen LogP contribution in [0.2, 0.25) is 0 Å². The Kier molecular flexibility index (Phi) is 45.5. The second kappa shape index (κ2) is 49.3. The first-order valence-electron chi connectivity index (χ1n) is 29.3. The number of carbonyl (C=O) groups is 4. The SMILES string of the molecule is CCC/C=C\C/C=C\CCCCCCCC(=O)OC1C(OCC(COC(=O)CCCCCCCCC/C=C\C/C=C\CCCCC)OC(=O)CCCCCCC/C=C\CCCCCC)OC(C(=O)O)C(O)C1O. The third-order valence-electron chi connectivity index (χ3n) is 13.0. The van der Waals surface area contributed by atoms with Gasteiger partial charge in [0.15, 0.2) is 24.6 Å². The smallest absolute Gasteiger partial charge is 0.335 e. The fraction of sp³-hybridized carbons (Fsp3) is 0.770. The average molecular weight is 1030 g/mol. The molecule has 6 unspecified atom stereocenters. The van der Waals surface area contributed by atoms with Gasteiger partial charge >= 0.3 is 23.9 Å². The minimum absolute atomic E-state index is 0.0421. The maximum absolute atomic E-state index is 13.1. The van der Waals surface area contributed by atoms with Gasteiger partial charge in [0, 0.05) is 19.3 Å². The van der Waals surface area contributed by atoms with E-state index in [4.69, 9.17) is 23.7 Å². The lowest BCUT2D eigenvalue weighted by molar-refractivity contribution is -0.301. The van der Waals surface area contributed by atoms with Crippen LogP contribution in [0.3, 0.4) is 0 Å². The van der Waals surface area contributed by atoms with Crippen molar-refractivity contribution in [2.24, 2.45) is 0 Å². The molecule has 12 nitrogen and oxygen atoms in total. The number of unbranched alkanes of at least 4 members (excludes halogenated alkanes) is 25. The molecule has 1 saturated heterocycles. The van der Waals surface area contributed by atoms with Gasteiger partial charge in [0.1, 0.15) is 18.8 Å². The summed E-state index contributed by atoms with van der Waals surface area (Å²) in [4.78, 5) is 51.0. The zero-order chi connectivity index (χ0) is 53.3. The van der Waals surface area contributed by atoms with Gasteiger partial charge < -0.3 is 39.0 Å². The van der Waals surface area contributed by atoms with Crippen molar-refractivity contribution in [1.82, 2.24) is 0 Å². The summed E-state index contributed by atoms with van der Waals surface area (Å²) in [7, 11) is 0. The van der Waals surface area contributed by atoms with Crippen LogP contribution in [0.1, 0.15) is 252 Å². The molecular weight excluding hydrogens is 925 g/mol. The normalized spacial score (nSPS) is 18.7. The van der Waals surface area contributed by atoms with Crippen molar-refractivity contribution in [2.45, 2.75) is 289 Å². The second-order valence-corrected chi connectivity index (χ2v) is 19.9. The molecule has 0 aromatic heterocycles. The van der Waals surface area contributed by atoms with Gasteiger partial charge in [0.2, 0.25) is 0 Å². The summed E-state index contributed by atoms with van der Waals surface area (Å²) < 4.78 is 28.4. The van der Waals surface area contributed by atoms with E-state index in [2.05, 4.69) is 81.5 Å². The molecule has 0 aliphatic carbocycles. The Labute approximate surface area is 443 Å². The van der Waals surface area contributed by atoms with Crippen LogP contribution in [0.5, 0.6) is 0 Å². The van der Waals surface area contributed by atoms with E-state index in [1.165, 1.54) is 64.2 Å². The minimum atomic E-state index is -1.91. The summed E-state index contributed by atoms with van der Waals surface area (Å²) in [5, 5.41) is 31.4. The van der Waals surface area contributed by atoms with Crippen LogP contribution in [0.25, 0.3) is 0 Å². The molecule has 0 bridgehead atoms. The monoisotopic (exact) mass is 1030 g/mol. The third kappa shape index (κ3) is 39.5. The standard InChI is InChI=1S/C61H104O12/c1-4-7-10-13-16-19-22-25-26-27-28-31-32-35-38-41-44-47-53(62)69-50-52(71-54(63)48-45-42-39-36-33-29-23-20-17-14-11-8-5-2)51-70-61-59(57(66)56(65)58(73-61)60(67)68)72-55(64)49-46-43-40-37-34-30-24-21-18-15-12-9-6-3/h12,15-16,19-21,23-26,52,56-59,61,65-66H,4-11,13-14,17-18,22,27-51H2,1-3H3,(H,67,68)/b15-12-,19-16-,23-20-,24-21-,26-25-. The van der Waals surface area contributed by atoms with Crippen molar-refractivity contribution in [2.75, 3.05) is 13.2 Å². The Bertz CT molecular complexity index is 1500. The Morgan fingerprint density at radius 3 is 1.33 bits per heavy atom. The minimum Gasteiger partial charge on any atom is -0.479 e. The quantitative estimate of drug-likeness (QED) is 0.0228. The maximum Gasteiger partial charge on any atom is 0.335 e. The average Bonchev–Trinajstić information content (AvgIpc) is 3.37. The molecule has 0 spiro atoms. The van der Waals surface area contributed by atoms with Gasteiger partial charge in [0.25, 0.3) is 0 Å². The zero-order valence-corrected chi connectivity index (χ0v) is 46.1. The van der Waals surface area contributed by atoms with E-state index in [0.717, 1.165) is 128 Å². The van der Waals surface area contributed by atoms with Crippen molar-refractivity contribution >= 4 is 23.9 Å². The van der Waals surface area contributed by atoms with E-state index in [-0.39, 0.29) is 25.9 Å². The lowest BCUT2D eigenvalue weighted by Gasteiger charge is -2.40. The van der Waals surface area contributed by atoms with Gasteiger partial charge in [-0.25, -0.2) is 4.79 Å². The zero-order valence-electron chi connectivity index (χ0n) is 46.1. The molecule has 0 aromatic carbocycles. The molecule has 73 heavy (non-hydrogen) atoms. The molecule has 6 atom stereocenters. The fourth-order valence-electron chi connectivity index (χ4n) is 8.49. The number of carboxylic acid groups (broad SMARTS) is 1. The number of aliphatic hydroxyl groups is 2. The molecule has 1 aliphatic rings. The molecule has 420 valence electrons. The number of ether oxygens (including phenoxy) is 5. The molecule has 1 aliphatic heterocycles. The maximum atomic E-state index is 13.1. The largest absolute Gasteiger partial charge is 0.479 e. The van der Waals surface area contributed by atoms with Gasteiger partial charge in [0.05, 0.1) is 6.61 Å². The number of aliphatic carboxylic acids is 1. The number of esters is 3. The number of hydrogen-bond acceptors (Lipinski definition) is 11. The van der Waals surface area contributed by atoms with Crippen LogP contribution in [-0.2, 0) is 42.9 Å². The molecule has 1 fully saturated rings. The lowest BCUT2D eigenvalue weighted by Crippen LogP contribution is -2.61. The molecule has 0 saturated carbocycles. The van der Waals surface area contributed by atoms with E-state index in [1.54, 1.807) is 0 Å². The first-order valence-corrected chi connectivity index (χ1v) is 29.3. The topological polar surface area (TPSA) is 175 Å². The van der Waals surface area contributed by atoms with Crippen molar-refractivity contribution < 1.29 is 58.2 Å². The van der Waals surface area contributed by atoms with Crippen molar-refractivity contribution in [3.8, 4) is 0 Å². The Morgan fingerprint density at radius 2 is 0.849 bits per heavy atom. The first kappa shape index (κ1) is 67.4. The molecule has 0 amide bonds. The van der Waals surface area contributed by atoms with Gasteiger partial charge in [-0.1, -0.05) is 191 Å². The third-order valence-corrected chi connectivity index (χ3v) is 13.0. The van der Waals surface area contributed by atoms with Crippen molar-refractivity contribution in [3.05, 3.63) is 60.8 Å². The molecule has 12 heteroatoms. The van der Waals surface area contributed by atoms with Crippen molar-refractivity contribution in [1.29, 1.82) is 0 Å². The number of carbonyl (C=O) groups excluding carboxylic acids is 3. The predicted octanol–water partition coefficient (Wildman–Crippen LogP) is 14.8. The number of carboxylic acids is 1. The summed E-state index contributed by atoms with van der Waals surface area (Å²) in [6.45, 7) is 5.86. The summed E-state index contributed by atoms with van der Waals surface area (Å²) in [6, 6.07) is 0. The van der Waals surface area contributed by atoms with Crippen LogP contribution >= 0.6 is 0 Å². The number of aliphatic hydroxyl groups excluding tert-OH is 2. The highest BCUT2D eigenvalue weighted by Gasteiger charge is 2.50. The molecule has 3 N–H and O–H groups in total. The van der Waals surface area contributed by atoms with Crippen LogP contribution in [0.4, 0.5) is 0 Å². The second-order valence-electron chi connectivity index (χ2n) is 19.9. The molecule has 1 rings (SSSR count). The summed E-state index contributed by atoms with van der Waals surface area (Å²) in [5.41, 5.74) is 0. The van der Waals surface area contributed by atoms with Crippen LogP contribution in [-0.4, -0.2) is 89.2 Å². The van der Waals surface area contributed by atoms with Gasteiger partial charge in [-0.15, -0.1) is 0 Å². The first-order chi connectivity index (χ1) is 35.6. The van der Waals surface area contributed by atoms with Gasteiger partial charge in [-0.2, -0.15) is 0 Å². The number of hydrogen-bond donors (Lipinski definition) is 3. The van der Waals surface area contributed by atoms with E-state index in [9.17, 15) is 34.5 Å². The predicted molar refractivity (Wildman–Crippen MR) is 294 cm³/mol. The molecule has 0 radical (unpaired) electrons. The van der Waals surface area contributed by atoms with Crippen LogP contribution < -0.4 is 0 Å². The van der Waals surface area contributed by atoms with Gasteiger partial charge in [-0.05, 0) is 103 Å². The summed E-state index contributed by atoms with van der Waals surface area (Å²) in [5.74, 6) is -3.15. The Morgan fingerprint density at radius 1 is 0.452 bits per heavy atom. The molecule has 1 heterocycles. The lowest BCUT2D eigenvalue weighted by atomic mass is 9.98. The van der Waals surface area contributed by atoms with Crippen LogP contribution in [0, 0.1) is 0 Å². The Hall–Kier alpha value is -3.58. The Balaban J connectivity index is 2.70. The van der Waals surface area contributed by atoms with Gasteiger partial charge in [-0.3, -0.25) is 14.4 Å². The molecule has 0 aromatic rings. The highest BCUT2D eigenvalue weighted by molar-refractivity contribution is 5.74. The van der Waals surface area contributed by atoms with E-state index in [1.807, 2.05) is 0 Å². The van der Waals surface area contributed by atoms with E-state index < -0.39 is 67.3 Å². The fourth-order valence-corrected chi connectivity index (χ4v) is 8.49. The highest BCUT2D eigenvalue weighted by atomic mass is 16.7. The highest BCUT2D eigenvalue weighted by Crippen LogP contribution is 2.26. The van der Waals surface area contributed by atoms with Crippen molar-refractivity contribution in [3.63, 3.8) is 0 Å². The number of allylic oxidation sites excluding steroid dienone is 10. The number of rotatable bonds is 49. The summed E-state index contributed by atoms with van der Waals surface area (Å²) in [6.07, 6.45) is 47.6. The molecular formula is C61H104O12. The van der Waals surface area contributed by atoms with E-state index >= 15 is 0 Å². The summed E-state index contributed by atoms with van der Waals surface area (Å²) >= 11 is 0. The van der Waals surface area contributed by atoms with Crippen LogP contribution in [0.15, 0.2) is 60.8 Å².